The minimum Gasteiger partial charge on any atom is -0.385 e. The molecule has 6 heteroatoms. The lowest BCUT2D eigenvalue weighted by Crippen LogP contribution is -2.19. The van der Waals surface area contributed by atoms with Crippen LogP contribution in [0.1, 0.15) is 24.2 Å². The van der Waals surface area contributed by atoms with E-state index >= 15 is 0 Å². The van der Waals surface area contributed by atoms with Gasteiger partial charge in [-0.1, -0.05) is 0 Å². The molecule has 1 heterocycles. The van der Waals surface area contributed by atoms with Gasteiger partial charge in [-0.05, 0) is 13.0 Å². The van der Waals surface area contributed by atoms with E-state index in [1.165, 1.54) is 13.1 Å². The Balaban J connectivity index is 3.21. The van der Waals surface area contributed by atoms with Crippen molar-refractivity contribution >= 4 is 23.3 Å². The number of amides is 2. The van der Waals surface area contributed by atoms with Gasteiger partial charge in [0.15, 0.2) is 0 Å². The lowest BCUT2D eigenvalue weighted by molar-refractivity contribution is -0.114. The lowest BCUT2D eigenvalue weighted by Gasteiger charge is -2.11. The summed E-state index contributed by atoms with van der Waals surface area (Å²) >= 11 is 0. The Kier molecular flexibility index (Phi) is 3.82. The maximum absolute atomic E-state index is 11.3. The molecule has 86 valence electrons. The van der Waals surface area contributed by atoms with Crippen molar-refractivity contribution in [2.75, 3.05) is 17.2 Å². The first-order chi connectivity index (χ1) is 7.56. The summed E-state index contributed by atoms with van der Waals surface area (Å²) in [5.74, 6) is -0.755. The second-order valence-electron chi connectivity index (χ2n) is 3.16. The predicted octanol–water partition coefficient (Wildman–Crippen LogP) is 0.571. The molecule has 0 saturated carbocycles. The van der Waals surface area contributed by atoms with Crippen LogP contribution in [0.2, 0.25) is 0 Å². The normalized spacial score (nSPS) is 9.62. The molecule has 0 aliphatic rings. The number of carbonyl (C=O) groups excluding carboxylic acids is 2. The van der Waals surface area contributed by atoms with Crippen molar-refractivity contribution in [2.24, 2.45) is 5.73 Å². The Morgan fingerprint density at radius 3 is 2.69 bits per heavy atom. The molecule has 0 radical (unpaired) electrons. The molecule has 4 N–H and O–H groups in total. The number of nitrogens with one attached hydrogen (secondary N) is 2. The van der Waals surface area contributed by atoms with E-state index in [0.29, 0.717) is 12.2 Å². The lowest BCUT2D eigenvalue weighted by atomic mass is 10.2. The number of anilines is 2. The number of aromatic nitrogens is 1. The molecule has 2 amide bonds. The standard InChI is InChI=1S/C10H14N4O2/c1-3-12-7-4-5-13-10(14-6(2)15)8(7)9(11)16/h4-5H,3H2,1-2H3,(H2,11,16)(H2,12,13,14,15). The molecule has 6 nitrogen and oxygen atoms in total. The van der Waals surface area contributed by atoms with E-state index in [-0.39, 0.29) is 17.3 Å². The van der Waals surface area contributed by atoms with Gasteiger partial charge in [0.25, 0.3) is 5.91 Å². The SMILES string of the molecule is CCNc1ccnc(NC(C)=O)c1C(N)=O. The van der Waals surface area contributed by atoms with Crippen LogP contribution < -0.4 is 16.4 Å². The van der Waals surface area contributed by atoms with Gasteiger partial charge in [-0.15, -0.1) is 0 Å². The highest BCUT2D eigenvalue weighted by molar-refractivity contribution is 6.05. The van der Waals surface area contributed by atoms with Crippen LogP contribution in [0.15, 0.2) is 12.3 Å². The minimum atomic E-state index is -0.632. The van der Waals surface area contributed by atoms with E-state index in [2.05, 4.69) is 15.6 Å². The number of nitrogens with two attached hydrogens (primary N) is 1. The summed E-state index contributed by atoms with van der Waals surface area (Å²) < 4.78 is 0. The molecule has 0 bridgehead atoms. The first-order valence-corrected chi connectivity index (χ1v) is 4.86. The molecule has 0 saturated heterocycles. The van der Waals surface area contributed by atoms with Crippen molar-refractivity contribution in [3.8, 4) is 0 Å². The molecule has 1 rings (SSSR count). The van der Waals surface area contributed by atoms with Crippen molar-refractivity contribution < 1.29 is 9.59 Å². The summed E-state index contributed by atoms with van der Waals surface area (Å²) in [6.07, 6.45) is 1.50. The molecule has 1 aromatic heterocycles. The van der Waals surface area contributed by atoms with Crippen molar-refractivity contribution in [1.29, 1.82) is 0 Å². The number of pyridine rings is 1. The summed E-state index contributed by atoms with van der Waals surface area (Å²) in [5, 5.41) is 5.44. The van der Waals surface area contributed by atoms with Gasteiger partial charge in [-0.2, -0.15) is 0 Å². The van der Waals surface area contributed by atoms with E-state index in [0.717, 1.165) is 0 Å². The first kappa shape index (κ1) is 12.0. The first-order valence-electron chi connectivity index (χ1n) is 4.86. The Bertz CT molecular complexity index is 417. The molecule has 0 aromatic carbocycles. The van der Waals surface area contributed by atoms with E-state index in [4.69, 9.17) is 5.73 Å². The van der Waals surface area contributed by atoms with E-state index in [9.17, 15) is 9.59 Å². The maximum atomic E-state index is 11.3. The molecule has 0 aliphatic heterocycles. The van der Waals surface area contributed by atoms with Crippen LogP contribution in [0.3, 0.4) is 0 Å². The second-order valence-corrected chi connectivity index (χ2v) is 3.16. The predicted molar refractivity (Wildman–Crippen MR) is 61.2 cm³/mol. The highest BCUT2D eigenvalue weighted by Gasteiger charge is 2.15. The number of rotatable bonds is 4. The van der Waals surface area contributed by atoms with Gasteiger partial charge in [0.2, 0.25) is 5.91 Å². The third kappa shape index (κ3) is 2.69. The fraction of sp³-hybridized carbons (Fsp3) is 0.300. The summed E-state index contributed by atoms with van der Waals surface area (Å²) in [4.78, 5) is 26.1. The third-order valence-corrected chi connectivity index (χ3v) is 1.86. The summed E-state index contributed by atoms with van der Waals surface area (Å²) in [5.41, 5.74) is 6.01. The van der Waals surface area contributed by atoms with Crippen LogP contribution in [0.5, 0.6) is 0 Å². The largest absolute Gasteiger partial charge is 0.385 e. The van der Waals surface area contributed by atoms with E-state index < -0.39 is 5.91 Å². The van der Waals surface area contributed by atoms with Crippen molar-refractivity contribution in [3.63, 3.8) is 0 Å². The van der Waals surface area contributed by atoms with Crippen molar-refractivity contribution in [2.45, 2.75) is 13.8 Å². The van der Waals surface area contributed by atoms with Crippen LogP contribution in [-0.4, -0.2) is 23.3 Å². The van der Waals surface area contributed by atoms with Crippen LogP contribution in [-0.2, 0) is 4.79 Å². The molecule has 0 fully saturated rings. The summed E-state index contributed by atoms with van der Waals surface area (Å²) in [7, 11) is 0. The van der Waals surface area contributed by atoms with Crippen LogP contribution >= 0.6 is 0 Å². The van der Waals surface area contributed by atoms with Gasteiger partial charge >= 0.3 is 0 Å². The number of carbonyl (C=O) groups is 2. The van der Waals surface area contributed by atoms with Crippen LogP contribution in [0.25, 0.3) is 0 Å². The molecule has 1 aromatic rings. The Morgan fingerprint density at radius 1 is 1.50 bits per heavy atom. The highest BCUT2D eigenvalue weighted by atomic mass is 16.2. The number of primary amides is 1. The summed E-state index contributed by atoms with van der Waals surface area (Å²) in [6.45, 7) is 3.87. The zero-order valence-electron chi connectivity index (χ0n) is 9.20. The molecule has 16 heavy (non-hydrogen) atoms. The van der Waals surface area contributed by atoms with Crippen molar-refractivity contribution in [3.05, 3.63) is 17.8 Å². The van der Waals surface area contributed by atoms with Crippen LogP contribution in [0, 0.1) is 0 Å². The monoisotopic (exact) mass is 222 g/mol. The Hall–Kier alpha value is -2.11. The maximum Gasteiger partial charge on any atom is 0.254 e. The van der Waals surface area contributed by atoms with Crippen molar-refractivity contribution in [1.82, 2.24) is 4.98 Å². The van der Waals surface area contributed by atoms with Crippen LogP contribution in [0.4, 0.5) is 11.5 Å². The van der Waals surface area contributed by atoms with Gasteiger partial charge < -0.3 is 16.4 Å². The number of hydrogen-bond acceptors (Lipinski definition) is 4. The fourth-order valence-corrected chi connectivity index (χ4v) is 1.31. The molecular formula is C10H14N4O2. The van der Waals surface area contributed by atoms with Gasteiger partial charge in [0.1, 0.15) is 11.4 Å². The van der Waals surface area contributed by atoms with Gasteiger partial charge in [0, 0.05) is 19.7 Å². The summed E-state index contributed by atoms with van der Waals surface area (Å²) in [6, 6.07) is 1.63. The molecule has 0 spiro atoms. The van der Waals surface area contributed by atoms with E-state index in [1.807, 2.05) is 6.92 Å². The van der Waals surface area contributed by atoms with Gasteiger partial charge in [0.05, 0.1) is 5.69 Å². The Morgan fingerprint density at radius 2 is 2.19 bits per heavy atom. The molecule has 0 atom stereocenters. The number of hydrogen-bond donors (Lipinski definition) is 3. The average Bonchev–Trinajstić information content (AvgIpc) is 2.16. The zero-order valence-corrected chi connectivity index (χ0v) is 9.20. The molecular weight excluding hydrogens is 208 g/mol. The topological polar surface area (TPSA) is 97.1 Å². The molecule has 0 aliphatic carbocycles. The van der Waals surface area contributed by atoms with Gasteiger partial charge in [-0.3, -0.25) is 9.59 Å². The third-order valence-electron chi connectivity index (χ3n) is 1.86. The smallest absolute Gasteiger partial charge is 0.254 e. The highest BCUT2D eigenvalue weighted by Crippen LogP contribution is 2.21. The minimum absolute atomic E-state index is 0.179. The average molecular weight is 222 g/mol. The second kappa shape index (κ2) is 5.11. The quantitative estimate of drug-likeness (QED) is 0.693. The zero-order chi connectivity index (χ0) is 12.1. The fourth-order valence-electron chi connectivity index (χ4n) is 1.31. The van der Waals surface area contributed by atoms with E-state index in [1.54, 1.807) is 6.07 Å². The number of nitrogens with zero attached hydrogens (tertiary/aromatic N) is 1. The molecule has 0 unspecified atom stereocenters. The Labute approximate surface area is 93.2 Å². The van der Waals surface area contributed by atoms with Gasteiger partial charge in [-0.25, -0.2) is 4.98 Å².